The second kappa shape index (κ2) is 11.0. The van der Waals surface area contributed by atoms with E-state index in [0.29, 0.717) is 11.5 Å². The van der Waals surface area contributed by atoms with E-state index >= 15 is 0 Å². The number of para-hydroxylation sites is 1. The lowest BCUT2D eigenvalue weighted by molar-refractivity contribution is 0.318. The fourth-order valence-electron chi connectivity index (χ4n) is 3.97. The second-order valence-electron chi connectivity index (χ2n) is 8.22. The van der Waals surface area contributed by atoms with E-state index in [1.54, 1.807) is 11.3 Å². The Labute approximate surface area is 206 Å². The number of thiazole rings is 1. The molecule has 2 heterocycles. The Morgan fingerprint density at radius 3 is 2.44 bits per heavy atom. The fourth-order valence-corrected chi connectivity index (χ4v) is 4.95. The van der Waals surface area contributed by atoms with Gasteiger partial charge in [-0.3, -0.25) is 0 Å². The summed E-state index contributed by atoms with van der Waals surface area (Å²) in [6.07, 6.45) is 10.1. The molecule has 0 saturated heterocycles. The fraction of sp³-hybridized carbons (Fsp3) is 0.241. The lowest BCUT2D eigenvalue weighted by Gasteiger charge is -2.23. The maximum Gasteiger partial charge on any atom is 0.229 e. The van der Waals surface area contributed by atoms with E-state index < -0.39 is 0 Å². The molecule has 0 amide bonds. The molecule has 1 aromatic heterocycles. The average Bonchev–Trinajstić information content (AvgIpc) is 3.27. The van der Waals surface area contributed by atoms with Crippen LogP contribution in [0.4, 0.5) is 5.69 Å². The highest BCUT2D eigenvalue weighted by molar-refractivity contribution is 7.19. The van der Waals surface area contributed by atoms with Crippen molar-refractivity contribution >= 4 is 39.0 Å². The maximum absolute atomic E-state index is 7.80. The number of allylic oxidation sites excluding steroid dienone is 5. The summed E-state index contributed by atoms with van der Waals surface area (Å²) in [6.45, 7) is 16.3. The summed E-state index contributed by atoms with van der Waals surface area (Å²) < 4.78 is 7.01. The van der Waals surface area contributed by atoms with Crippen LogP contribution in [0.3, 0.4) is 0 Å². The molecule has 0 saturated carbocycles. The van der Waals surface area contributed by atoms with Crippen LogP contribution in [0.15, 0.2) is 83.9 Å². The molecule has 172 valence electrons. The van der Waals surface area contributed by atoms with Crippen LogP contribution < -0.4 is 4.90 Å². The summed E-state index contributed by atoms with van der Waals surface area (Å²) in [7, 11) is 0. The minimum absolute atomic E-state index is 0.547. The van der Waals surface area contributed by atoms with Crippen molar-refractivity contribution in [1.29, 1.82) is 0 Å². The van der Waals surface area contributed by atoms with Crippen LogP contribution in [-0.2, 0) is 4.74 Å². The number of rotatable bonds is 8. The number of fused-ring (bicyclic) bond motifs is 1. The quantitative estimate of drug-likeness (QED) is 0.314. The summed E-state index contributed by atoms with van der Waals surface area (Å²) in [5.74, 6) is 1.46. The van der Waals surface area contributed by atoms with E-state index in [2.05, 4.69) is 52.8 Å². The maximum atomic E-state index is 7.80. The Bertz CT molecular complexity index is 1280. The van der Waals surface area contributed by atoms with Crippen molar-refractivity contribution in [2.75, 3.05) is 18.0 Å². The molecule has 0 spiro atoms. The molecular weight excluding hydrogens is 438 g/mol. The monoisotopic (exact) mass is 467 g/mol. The van der Waals surface area contributed by atoms with Crippen LogP contribution in [0, 0.1) is 6.57 Å². The molecule has 4 nitrogen and oxygen atoms in total. The van der Waals surface area contributed by atoms with Crippen molar-refractivity contribution < 1.29 is 4.74 Å². The van der Waals surface area contributed by atoms with Gasteiger partial charge in [0.05, 0.1) is 16.8 Å². The van der Waals surface area contributed by atoms with Crippen LogP contribution in [0.2, 0.25) is 0 Å². The van der Waals surface area contributed by atoms with Gasteiger partial charge in [-0.15, -0.1) is 11.3 Å². The van der Waals surface area contributed by atoms with E-state index in [1.165, 1.54) is 5.69 Å². The number of anilines is 1. The molecule has 0 fully saturated rings. The van der Waals surface area contributed by atoms with Gasteiger partial charge >= 0.3 is 0 Å². The molecule has 2 aromatic carbocycles. The van der Waals surface area contributed by atoms with E-state index in [1.807, 2.05) is 55.5 Å². The van der Waals surface area contributed by atoms with Crippen molar-refractivity contribution in [3.8, 4) is 0 Å². The first-order chi connectivity index (χ1) is 16.6. The first-order valence-electron chi connectivity index (χ1n) is 11.7. The molecule has 0 aliphatic carbocycles. The van der Waals surface area contributed by atoms with Crippen LogP contribution in [0.5, 0.6) is 0 Å². The van der Waals surface area contributed by atoms with Crippen LogP contribution in [0.1, 0.15) is 44.2 Å². The highest BCUT2D eigenvalue weighted by Gasteiger charge is 2.16. The molecule has 5 heteroatoms. The predicted molar refractivity (Wildman–Crippen MR) is 144 cm³/mol. The van der Waals surface area contributed by atoms with E-state index in [-0.39, 0.29) is 0 Å². The van der Waals surface area contributed by atoms with Gasteiger partial charge in [-0.05, 0) is 73.4 Å². The molecule has 4 rings (SSSR count). The normalized spacial score (nSPS) is 15.0. The summed E-state index contributed by atoms with van der Waals surface area (Å²) in [5, 5.41) is 0.732. The van der Waals surface area contributed by atoms with Gasteiger partial charge < -0.3 is 9.64 Å². The van der Waals surface area contributed by atoms with Gasteiger partial charge in [-0.1, -0.05) is 44.2 Å². The minimum atomic E-state index is 0.547. The van der Waals surface area contributed by atoms with Crippen LogP contribution >= 0.6 is 11.3 Å². The first kappa shape index (κ1) is 23.5. The molecule has 34 heavy (non-hydrogen) atoms. The Morgan fingerprint density at radius 1 is 1.03 bits per heavy atom. The number of hydrogen-bond donors (Lipinski definition) is 0. The molecule has 3 aromatic rings. The van der Waals surface area contributed by atoms with Crippen LogP contribution in [-0.4, -0.2) is 18.1 Å². The molecule has 0 radical (unpaired) electrons. The predicted octanol–water partition coefficient (Wildman–Crippen LogP) is 8.08. The zero-order valence-electron chi connectivity index (χ0n) is 19.9. The molecule has 0 N–H and O–H groups in total. The standard InChI is InChI=1S/C29H29N3OS/c1-5-17-32(18-6-2)24-14-11-22(12-15-24)13-16-25-20-23(19-21(3)33-25)28(30-4)29-31-26-9-7-8-10-27(26)34-29/h7-16,19-20H,5-6,17-18H2,1-3H3/b16-13+,28-23+. The summed E-state index contributed by atoms with van der Waals surface area (Å²) in [4.78, 5) is 10.9. The van der Waals surface area contributed by atoms with Crippen molar-refractivity contribution in [3.05, 3.63) is 106 Å². The zero-order valence-corrected chi connectivity index (χ0v) is 20.7. The highest BCUT2D eigenvalue weighted by Crippen LogP contribution is 2.33. The van der Waals surface area contributed by atoms with Gasteiger partial charge in [0, 0.05) is 18.8 Å². The van der Waals surface area contributed by atoms with Crippen LogP contribution in [0.25, 0.3) is 26.8 Å². The number of nitrogens with zero attached hydrogens (tertiary/aromatic N) is 3. The third-order valence-electron chi connectivity index (χ3n) is 5.50. The van der Waals surface area contributed by atoms with Crippen molar-refractivity contribution in [3.63, 3.8) is 0 Å². The van der Waals surface area contributed by atoms with Crippen molar-refractivity contribution in [2.24, 2.45) is 0 Å². The molecule has 0 unspecified atom stereocenters. The Balaban J connectivity index is 1.58. The summed E-state index contributed by atoms with van der Waals surface area (Å²) in [6, 6.07) is 16.6. The number of ether oxygens (including phenoxy) is 1. The first-order valence-corrected chi connectivity index (χ1v) is 12.5. The lowest BCUT2D eigenvalue weighted by atomic mass is 10.1. The van der Waals surface area contributed by atoms with Gasteiger partial charge in [-0.2, -0.15) is 0 Å². The molecule has 0 bridgehead atoms. The van der Waals surface area contributed by atoms with Crippen molar-refractivity contribution in [2.45, 2.75) is 33.6 Å². The molecule has 1 aliphatic heterocycles. The Kier molecular flexibility index (Phi) is 7.61. The second-order valence-corrected chi connectivity index (χ2v) is 9.25. The van der Waals surface area contributed by atoms with Gasteiger partial charge in [0.2, 0.25) is 5.70 Å². The average molecular weight is 468 g/mol. The molecule has 0 atom stereocenters. The van der Waals surface area contributed by atoms with E-state index in [9.17, 15) is 0 Å². The topological polar surface area (TPSA) is 29.7 Å². The summed E-state index contributed by atoms with van der Waals surface area (Å²) >= 11 is 1.54. The smallest absolute Gasteiger partial charge is 0.229 e. The third-order valence-corrected chi connectivity index (χ3v) is 6.55. The minimum Gasteiger partial charge on any atom is -0.462 e. The number of benzene rings is 2. The van der Waals surface area contributed by atoms with Crippen molar-refractivity contribution in [1.82, 2.24) is 4.98 Å². The largest absolute Gasteiger partial charge is 0.462 e. The third kappa shape index (κ3) is 5.47. The SMILES string of the molecule is [C-]#[N+]/C(=C1\C=C(C)OC(/C=C/c2ccc(N(CCC)CCC)cc2)=C1)c1nc2ccccc2s1. The Morgan fingerprint density at radius 2 is 1.76 bits per heavy atom. The van der Waals surface area contributed by atoms with Gasteiger partial charge in [-0.25, -0.2) is 9.83 Å². The number of hydrogen-bond acceptors (Lipinski definition) is 4. The van der Waals surface area contributed by atoms with Gasteiger partial charge in [0.15, 0.2) is 0 Å². The number of aromatic nitrogens is 1. The van der Waals surface area contributed by atoms with Gasteiger partial charge in [0.1, 0.15) is 16.5 Å². The van der Waals surface area contributed by atoms with E-state index in [0.717, 1.165) is 58.1 Å². The lowest BCUT2D eigenvalue weighted by Crippen LogP contribution is -2.24. The molecular formula is C29H29N3OS. The highest BCUT2D eigenvalue weighted by atomic mass is 32.1. The molecule has 1 aliphatic rings. The Hall–Kier alpha value is -3.62. The van der Waals surface area contributed by atoms with Gasteiger partial charge in [0.25, 0.3) is 0 Å². The zero-order chi connectivity index (χ0) is 23.9. The summed E-state index contributed by atoms with van der Waals surface area (Å²) in [5.41, 5.74) is 4.65. The van der Waals surface area contributed by atoms with E-state index in [4.69, 9.17) is 11.3 Å².